The van der Waals surface area contributed by atoms with E-state index in [9.17, 15) is 9.90 Å². The smallest absolute Gasteiger partial charge is 0.225 e. The van der Waals surface area contributed by atoms with E-state index in [1.54, 1.807) is 0 Å². The summed E-state index contributed by atoms with van der Waals surface area (Å²) in [4.78, 5) is 16.1. The maximum absolute atomic E-state index is 11.5. The minimum Gasteiger partial charge on any atom is -0.389 e. The number of carbonyl (C=O) groups excluding carboxylic acids is 1. The number of nitrogens with two attached hydrogens (primary N) is 1. The highest BCUT2D eigenvalue weighted by Gasteiger charge is 2.18. The molecule has 5 rings (SSSR count). The Labute approximate surface area is 173 Å². The molecule has 2 heterocycles. The van der Waals surface area contributed by atoms with E-state index in [4.69, 9.17) is 5.73 Å². The van der Waals surface area contributed by atoms with Gasteiger partial charge in [-0.05, 0) is 24.3 Å². The van der Waals surface area contributed by atoms with Gasteiger partial charge in [-0.1, -0.05) is 48.5 Å². The van der Waals surface area contributed by atoms with E-state index < -0.39 is 12.0 Å². The molecular weight excluding hydrogens is 376 g/mol. The van der Waals surface area contributed by atoms with Gasteiger partial charge in [0.1, 0.15) is 5.82 Å². The second-order valence-electron chi connectivity index (χ2n) is 7.57. The molecule has 6 heteroatoms. The third kappa shape index (κ3) is 3.11. The van der Waals surface area contributed by atoms with Crippen LogP contribution in [0.15, 0.2) is 72.8 Å². The van der Waals surface area contributed by atoms with Gasteiger partial charge in [-0.15, -0.1) is 0 Å². The number of hydrogen-bond acceptors (Lipinski definition) is 3. The van der Waals surface area contributed by atoms with Crippen molar-refractivity contribution < 1.29 is 9.90 Å². The Morgan fingerprint density at radius 2 is 1.37 bits per heavy atom. The summed E-state index contributed by atoms with van der Waals surface area (Å²) in [5.74, 6) is 0.133. The molecule has 30 heavy (non-hydrogen) atoms. The summed E-state index contributed by atoms with van der Waals surface area (Å²) in [5, 5.41) is 13.4. The quantitative estimate of drug-likeness (QED) is 0.460. The van der Waals surface area contributed by atoms with E-state index in [1.165, 1.54) is 10.8 Å². The van der Waals surface area contributed by atoms with Crippen molar-refractivity contribution in [3.8, 4) is 0 Å². The average Bonchev–Trinajstić information content (AvgIpc) is 3.24. The summed E-state index contributed by atoms with van der Waals surface area (Å²) in [6.45, 7) is 0.751. The van der Waals surface area contributed by atoms with Gasteiger partial charge >= 0.3 is 0 Å². The third-order valence-electron chi connectivity index (χ3n) is 5.53. The van der Waals surface area contributed by atoms with Gasteiger partial charge in [0.25, 0.3) is 0 Å². The zero-order valence-corrected chi connectivity index (χ0v) is 16.4. The molecular formula is C24H22N4O2. The van der Waals surface area contributed by atoms with Crippen LogP contribution in [0.5, 0.6) is 0 Å². The van der Waals surface area contributed by atoms with Crippen LogP contribution in [0.2, 0.25) is 0 Å². The van der Waals surface area contributed by atoms with Crippen molar-refractivity contribution >= 4 is 38.7 Å². The average molecular weight is 398 g/mol. The van der Waals surface area contributed by atoms with Crippen LogP contribution in [0.4, 0.5) is 0 Å². The SMILES string of the molecule is NC(=O)Cc1nc2ccccc2n1CC(O)Cn1c2ccccc2c2ccccc21. The molecule has 1 atom stereocenters. The summed E-state index contributed by atoms with van der Waals surface area (Å²) in [6.07, 6.45) is -0.634. The number of aliphatic hydroxyl groups excluding tert-OH is 1. The van der Waals surface area contributed by atoms with Crippen LogP contribution in [0.3, 0.4) is 0 Å². The second kappa shape index (κ2) is 7.31. The number of hydrogen-bond donors (Lipinski definition) is 2. The number of imidazole rings is 1. The summed E-state index contributed by atoms with van der Waals surface area (Å²) < 4.78 is 4.06. The Kier molecular flexibility index (Phi) is 4.48. The zero-order valence-electron chi connectivity index (χ0n) is 16.4. The lowest BCUT2D eigenvalue weighted by Crippen LogP contribution is -2.25. The van der Waals surface area contributed by atoms with E-state index >= 15 is 0 Å². The lowest BCUT2D eigenvalue weighted by atomic mass is 10.2. The molecule has 0 aliphatic heterocycles. The number of amides is 1. The van der Waals surface area contributed by atoms with Crippen LogP contribution >= 0.6 is 0 Å². The Bertz CT molecular complexity index is 1330. The fourth-order valence-corrected chi connectivity index (χ4v) is 4.30. The fourth-order valence-electron chi connectivity index (χ4n) is 4.30. The number of rotatable bonds is 6. The van der Waals surface area contributed by atoms with Gasteiger partial charge in [0, 0.05) is 21.8 Å². The number of carbonyl (C=O) groups is 1. The molecule has 6 nitrogen and oxygen atoms in total. The van der Waals surface area contributed by atoms with Crippen LogP contribution in [-0.2, 0) is 24.3 Å². The standard InChI is InChI=1S/C24H22N4O2/c25-23(30)13-24-26-19-9-3-6-12-22(19)28(24)15-16(29)14-27-20-10-4-1-7-17(20)18-8-2-5-11-21(18)27/h1-12,16,29H,13-15H2,(H2,25,30). The van der Waals surface area contributed by atoms with E-state index in [0.717, 1.165) is 22.1 Å². The topological polar surface area (TPSA) is 86.1 Å². The van der Waals surface area contributed by atoms with Crippen molar-refractivity contribution in [2.45, 2.75) is 25.6 Å². The zero-order chi connectivity index (χ0) is 20.7. The molecule has 0 aliphatic rings. The molecule has 0 bridgehead atoms. The lowest BCUT2D eigenvalue weighted by molar-refractivity contribution is -0.117. The van der Waals surface area contributed by atoms with Crippen molar-refractivity contribution in [3.05, 3.63) is 78.6 Å². The predicted octanol–water partition coefficient (Wildman–Crippen LogP) is 3.23. The molecule has 0 radical (unpaired) electrons. The van der Waals surface area contributed by atoms with E-state index in [-0.39, 0.29) is 6.42 Å². The fraction of sp³-hybridized carbons (Fsp3) is 0.167. The van der Waals surface area contributed by atoms with Crippen LogP contribution in [-0.4, -0.2) is 31.2 Å². The van der Waals surface area contributed by atoms with Gasteiger partial charge in [-0.25, -0.2) is 4.98 Å². The first-order valence-electron chi connectivity index (χ1n) is 9.98. The molecule has 0 saturated heterocycles. The Morgan fingerprint density at radius 3 is 2.00 bits per heavy atom. The van der Waals surface area contributed by atoms with E-state index in [0.29, 0.717) is 18.9 Å². The number of benzene rings is 3. The van der Waals surface area contributed by atoms with Crippen molar-refractivity contribution in [2.75, 3.05) is 0 Å². The number of fused-ring (bicyclic) bond motifs is 4. The molecule has 150 valence electrons. The van der Waals surface area contributed by atoms with E-state index in [2.05, 4.69) is 33.8 Å². The van der Waals surface area contributed by atoms with E-state index in [1.807, 2.05) is 53.1 Å². The Balaban J connectivity index is 1.53. The molecule has 1 unspecified atom stereocenters. The van der Waals surface area contributed by atoms with Gasteiger partial charge in [-0.2, -0.15) is 0 Å². The van der Waals surface area contributed by atoms with Crippen molar-refractivity contribution in [2.24, 2.45) is 5.73 Å². The second-order valence-corrected chi connectivity index (χ2v) is 7.57. The van der Waals surface area contributed by atoms with Crippen molar-refractivity contribution in [1.29, 1.82) is 0 Å². The third-order valence-corrected chi connectivity index (χ3v) is 5.53. The number of aromatic nitrogens is 3. The molecule has 0 spiro atoms. The van der Waals surface area contributed by atoms with Crippen LogP contribution < -0.4 is 5.73 Å². The number of nitrogens with zero attached hydrogens (tertiary/aromatic N) is 3. The van der Waals surface area contributed by atoms with Gasteiger partial charge < -0.3 is 20.0 Å². The summed E-state index contributed by atoms with van der Waals surface area (Å²) in [5.41, 5.74) is 9.27. The normalized spacial score (nSPS) is 12.7. The monoisotopic (exact) mass is 398 g/mol. The molecule has 0 saturated carbocycles. The molecule has 0 fully saturated rings. The largest absolute Gasteiger partial charge is 0.389 e. The summed E-state index contributed by atoms with van der Waals surface area (Å²) >= 11 is 0. The molecule has 3 aromatic carbocycles. The first-order chi connectivity index (χ1) is 14.6. The number of para-hydroxylation sites is 4. The molecule has 5 aromatic rings. The highest BCUT2D eigenvalue weighted by molar-refractivity contribution is 6.07. The first-order valence-corrected chi connectivity index (χ1v) is 9.98. The summed E-state index contributed by atoms with van der Waals surface area (Å²) in [7, 11) is 0. The lowest BCUT2D eigenvalue weighted by Gasteiger charge is -2.17. The maximum Gasteiger partial charge on any atom is 0.225 e. The molecule has 3 N–H and O–H groups in total. The van der Waals surface area contributed by atoms with Crippen LogP contribution in [0.25, 0.3) is 32.8 Å². The summed E-state index contributed by atoms with van der Waals surface area (Å²) in [6, 6.07) is 24.1. The van der Waals surface area contributed by atoms with Crippen molar-refractivity contribution in [1.82, 2.24) is 14.1 Å². The molecule has 2 aromatic heterocycles. The van der Waals surface area contributed by atoms with Gasteiger partial charge in [-0.3, -0.25) is 4.79 Å². The molecule has 1 amide bonds. The first kappa shape index (κ1) is 18.4. The van der Waals surface area contributed by atoms with Gasteiger partial charge in [0.05, 0.1) is 36.6 Å². The Hall–Kier alpha value is -3.64. The van der Waals surface area contributed by atoms with Crippen LogP contribution in [0, 0.1) is 0 Å². The predicted molar refractivity (Wildman–Crippen MR) is 118 cm³/mol. The number of primary amides is 1. The number of aliphatic hydroxyl groups is 1. The van der Waals surface area contributed by atoms with Gasteiger partial charge in [0.2, 0.25) is 5.91 Å². The highest BCUT2D eigenvalue weighted by Crippen LogP contribution is 2.29. The van der Waals surface area contributed by atoms with Crippen LogP contribution in [0.1, 0.15) is 5.82 Å². The minimum absolute atomic E-state index is 0.0385. The maximum atomic E-state index is 11.5. The molecule has 0 aliphatic carbocycles. The van der Waals surface area contributed by atoms with Crippen molar-refractivity contribution in [3.63, 3.8) is 0 Å². The van der Waals surface area contributed by atoms with Gasteiger partial charge in [0.15, 0.2) is 0 Å². The minimum atomic E-state index is -0.673. The Morgan fingerprint density at radius 1 is 0.833 bits per heavy atom. The highest BCUT2D eigenvalue weighted by atomic mass is 16.3.